The molecule has 7 heteroatoms. The van der Waals surface area contributed by atoms with Crippen LogP contribution in [-0.2, 0) is 22.4 Å². The van der Waals surface area contributed by atoms with Crippen molar-refractivity contribution in [1.82, 2.24) is 10.3 Å². The van der Waals surface area contributed by atoms with E-state index in [2.05, 4.69) is 10.3 Å². The van der Waals surface area contributed by atoms with Gasteiger partial charge in [-0.3, -0.25) is 9.59 Å². The van der Waals surface area contributed by atoms with Crippen LogP contribution < -0.4 is 16.8 Å². The molecule has 6 nitrogen and oxygen atoms in total. The van der Waals surface area contributed by atoms with Gasteiger partial charge in [0.1, 0.15) is 6.04 Å². The van der Waals surface area contributed by atoms with E-state index in [0.29, 0.717) is 12.8 Å². The maximum absolute atomic E-state index is 12.5. The lowest BCUT2D eigenvalue weighted by Gasteiger charge is -2.18. The zero-order valence-corrected chi connectivity index (χ0v) is 15.5. The van der Waals surface area contributed by atoms with Gasteiger partial charge in [0.25, 0.3) is 0 Å². The van der Waals surface area contributed by atoms with Gasteiger partial charge >= 0.3 is 0 Å². The van der Waals surface area contributed by atoms with Crippen molar-refractivity contribution in [1.29, 1.82) is 0 Å². The highest BCUT2D eigenvalue weighted by molar-refractivity contribution is 5.90. The molecule has 1 heterocycles. The normalized spacial score (nSPS) is 12.8. The van der Waals surface area contributed by atoms with Crippen LogP contribution in [-0.4, -0.2) is 28.9 Å². The first kappa shape index (κ1) is 20.5. The number of hydrogen-bond acceptors (Lipinski definition) is 3. The van der Waals surface area contributed by atoms with Gasteiger partial charge < -0.3 is 21.8 Å². The van der Waals surface area contributed by atoms with E-state index in [0.717, 1.165) is 22.0 Å². The van der Waals surface area contributed by atoms with E-state index >= 15 is 0 Å². The lowest BCUT2D eigenvalue weighted by molar-refractivity contribution is -0.128. The first-order valence-corrected chi connectivity index (χ1v) is 8.49. The Morgan fingerprint density at radius 1 is 1.00 bits per heavy atom. The fourth-order valence-corrected chi connectivity index (χ4v) is 2.98. The van der Waals surface area contributed by atoms with Gasteiger partial charge in [-0.05, 0) is 23.6 Å². The number of halogens is 1. The smallest absolute Gasteiger partial charge is 0.240 e. The molecule has 0 fully saturated rings. The third-order valence-electron chi connectivity index (χ3n) is 4.39. The molecular weight excluding hydrogens is 364 g/mol. The van der Waals surface area contributed by atoms with Crippen LogP contribution in [0.1, 0.15) is 11.1 Å². The Hall–Kier alpha value is -2.83. The number of nitrogens with one attached hydrogen (secondary N) is 2. The summed E-state index contributed by atoms with van der Waals surface area (Å²) < 4.78 is 0. The Bertz CT molecular complexity index is 911. The molecule has 0 spiro atoms. The van der Waals surface area contributed by atoms with Gasteiger partial charge in [0.05, 0.1) is 6.04 Å². The minimum absolute atomic E-state index is 0. The predicted molar refractivity (Wildman–Crippen MR) is 108 cm³/mol. The topological polar surface area (TPSA) is 114 Å². The summed E-state index contributed by atoms with van der Waals surface area (Å²) in [7, 11) is 0. The second kappa shape index (κ2) is 9.21. The molecule has 0 aliphatic heterocycles. The molecule has 3 aromatic rings. The molecule has 0 radical (unpaired) electrons. The molecule has 3 rings (SSSR count). The third kappa shape index (κ3) is 5.09. The van der Waals surface area contributed by atoms with E-state index in [1.807, 2.05) is 60.8 Å². The molecule has 0 aliphatic rings. The molecule has 0 saturated heterocycles. The average Bonchev–Trinajstić information content (AvgIpc) is 3.05. The van der Waals surface area contributed by atoms with Gasteiger partial charge in [-0.25, -0.2) is 0 Å². The molecule has 1 aromatic heterocycles. The molecule has 2 amide bonds. The maximum Gasteiger partial charge on any atom is 0.240 e. The molecule has 1 unspecified atom stereocenters. The van der Waals surface area contributed by atoms with Crippen molar-refractivity contribution in [3.05, 3.63) is 71.9 Å². The SMILES string of the molecule is Cl.NC(=O)C(Cc1ccccc1)NC(=O)[C@H](N)Cc1c[nH]c2ccccc12. The predicted octanol–water partition coefficient (Wildman–Crippen LogP) is 1.67. The first-order chi connectivity index (χ1) is 12.5. The molecule has 142 valence electrons. The van der Waals surface area contributed by atoms with E-state index in [1.54, 1.807) is 0 Å². The fraction of sp³-hybridized carbons (Fsp3) is 0.200. The number of carbonyl (C=O) groups excluding carboxylic acids is 2. The number of para-hydroxylation sites is 1. The maximum atomic E-state index is 12.5. The van der Waals surface area contributed by atoms with Crippen LogP contribution in [0.2, 0.25) is 0 Å². The Morgan fingerprint density at radius 3 is 2.37 bits per heavy atom. The van der Waals surface area contributed by atoms with Crippen LogP contribution in [0.3, 0.4) is 0 Å². The number of rotatable bonds is 7. The molecule has 0 bridgehead atoms. The number of aromatic amines is 1. The summed E-state index contributed by atoms with van der Waals surface area (Å²) in [5.41, 5.74) is 14.4. The van der Waals surface area contributed by atoms with Crippen LogP contribution in [0.4, 0.5) is 0 Å². The number of aromatic nitrogens is 1. The van der Waals surface area contributed by atoms with Crippen LogP contribution in [0.25, 0.3) is 10.9 Å². The lowest BCUT2D eigenvalue weighted by Crippen LogP contribution is -2.51. The van der Waals surface area contributed by atoms with Crippen LogP contribution in [0.15, 0.2) is 60.8 Å². The highest BCUT2D eigenvalue weighted by Gasteiger charge is 2.23. The highest BCUT2D eigenvalue weighted by Crippen LogP contribution is 2.18. The van der Waals surface area contributed by atoms with E-state index in [-0.39, 0.29) is 12.4 Å². The Balaban J connectivity index is 0.00000261. The van der Waals surface area contributed by atoms with Crippen molar-refractivity contribution in [3.8, 4) is 0 Å². The molecule has 0 aliphatic carbocycles. The summed E-state index contributed by atoms with van der Waals surface area (Å²) in [6, 6.07) is 15.7. The number of hydrogen-bond donors (Lipinski definition) is 4. The van der Waals surface area contributed by atoms with E-state index in [9.17, 15) is 9.59 Å². The summed E-state index contributed by atoms with van der Waals surface area (Å²) in [6.07, 6.45) is 2.56. The van der Waals surface area contributed by atoms with Gasteiger partial charge in [0, 0.05) is 23.5 Å². The highest BCUT2D eigenvalue weighted by atomic mass is 35.5. The number of primary amides is 1. The quantitative estimate of drug-likeness (QED) is 0.495. The number of benzene rings is 2. The van der Waals surface area contributed by atoms with Crippen molar-refractivity contribution >= 4 is 35.1 Å². The number of amides is 2. The second-order valence-corrected chi connectivity index (χ2v) is 6.32. The van der Waals surface area contributed by atoms with Crippen molar-refractivity contribution in [2.75, 3.05) is 0 Å². The fourth-order valence-electron chi connectivity index (χ4n) is 2.98. The summed E-state index contributed by atoms with van der Waals surface area (Å²) in [5.74, 6) is -0.975. The summed E-state index contributed by atoms with van der Waals surface area (Å²) in [6.45, 7) is 0. The van der Waals surface area contributed by atoms with Crippen LogP contribution >= 0.6 is 12.4 Å². The van der Waals surface area contributed by atoms with E-state index in [4.69, 9.17) is 11.5 Å². The summed E-state index contributed by atoms with van der Waals surface area (Å²) in [4.78, 5) is 27.3. The van der Waals surface area contributed by atoms with E-state index in [1.165, 1.54) is 0 Å². The minimum atomic E-state index is -0.793. The molecule has 0 saturated carbocycles. The monoisotopic (exact) mass is 386 g/mol. The third-order valence-corrected chi connectivity index (χ3v) is 4.39. The largest absolute Gasteiger partial charge is 0.368 e. The average molecular weight is 387 g/mol. The number of nitrogens with two attached hydrogens (primary N) is 2. The van der Waals surface area contributed by atoms with Crippen LogP contribution in [0, 0.1) is 0 Å². The van der Waals surface area contributed by atoms with Gasteiger partial charge in [0.2, 0.25) is 11.8 Å². The van der Waals surface area contributed by atoms with Crippen molar-refractivity contribution in [3.63, 3.8) is 0 Å². The van der Waals surface area contributed by atoms with Crippen molar-refractivity contribution in [2.45, 2.75) is 24.9 Å². The molecule has 2 aromatic carbocycles. The zero-order chi connectivity index (χ0) is 18.5. The molecule has 27 heavy (non-hydrogen) atoms. The second-order valence-electron chi connectivity index (χ2n) is 6.32. The minimum Gasteiger partial charge on any atom is -0.368 e. The van der Waals surface area contributed by atoms with Crippen molar-refractivity contribution < 1.29 is 9.59 Å². The number of carbonyl (C=O) groups is 2. The van der Waals surface area contributed by atoms with Crippen LogP contribution in [0.5, 0.6) is 0 Å². The standard InChI is InChI=1S/C20H22N4O2.ClH/c21-16(11-14-12-23-17-9-5-4-8-15(14)17)20(26)24-18(19(22)25)10-13-6-2-1-3-7-13;/h1-9,12,16,18,23H,10-11,21H2,(H2,22,25)(H,24,26);1H/t16-,18?;/m1./s1. The summed E-state index contributed by atoms with van der Waals surface area (Å²) >= 11 is 0. The summed E-state index contributed by atoms with van der Waals surface area (Å²) in [5, 5.41) is 3.71. The molecule has 2 atom stereocenters. The van der Waals surface area contributed by atoms with Gasteiger partial charge in [-0.1, -0.05) is 48.5 Å². The number of H-pyrrole nitrogens is 1. The Morgan fingerprint density at radius 2 is 1.67 bits per heavy atom. The van der Waals surface area contributed by atoms with Gasteiger partial charge in [-0.2, -0.15) is 0 Å². The van der Waals surface area contributed by atoms with Crippen molar-refractivity contribution in [2.24, 2.45) is 11.5 Å². The molecule has 6 N–H and O–H groups in total. The van der Waals surface area contributed by atoms with Gasteiger partial charge in [-0.15, -0.1) is 12.4 Å². The zero-order valence-electron chi connectivity index (χ0n) is 14.7. The lowest BCUT2D eigenvalue weighted by atomic mass is 10.0. The number of fused-ring (bicyclic) bond motifs is 1. The first-order valence-electron chi connectivity index (χ1n) is 8.49. The van der Waals surface area contributed by atoms with E-state index < -0.39 is 23.9 Å². The Kier molecular flexibility index (Phi) is 6.98. The Labute approximate surface area is 163 Å². The van der Waals surface area contributed by atoms with Gasteiger partial charge in [0.15, 0.2) is 0 Å². The molecular formula is C20H23ClN4O2.